The van der Waals surface area contributed by atoms with Gasteiger partial charge < -0.3 is 5.32 Å². The van der Waals surface area contributed by atoms with Crippen LogP contribution in [0.1, 0.15) is 18.9 Å². The molecular weight excluding hydrogens is 262 g/mol. The molecule has 0 radical (unpaired) electrons. The lowest BCUT2D eigenvalue weighted by Gasteiger charge is -2.29. The lowest BCUT2D eigenvalue weighted by molar-refractivity contribution is 0.328. The van der Waals surface area contributed by atoms with Crippen LogP contribution in [-0.2, 0) is 10.0 Å². The van der Waals surface area contributed by atoms with E-state index in [1.807, 2.05) is 13.0 Å². The van der Waals surface area contributed by atoms with E-state index in [1.54, 1.807) is 12.1 Å². The third-order valence-electron chi connectivity index (χ3n) is 3.37. The number of piperidine rings is 1. The highest BCUT2D eigenvalue weighted by Crippen LogP contribution is 2.16. The minimum absolute atomic E-state index is 0.0583. The van der Waals surface area contributed by atoms with E-state index in [0.29, 0.717) is 5.56 Å². The lowest BCUT2D eigenvalue weighted by Crippen LogP contribution is -2.48. The fraction of sp³-hybridized carbons (Fsp3) is 0.462. The molecule has 1 aromatic rings. The largest absolute Gasteiger partial charge is 0.316 e. The van der Waals surface area contributed by atoms with Gasteiger partial charge in [-0.1, -0.05) is 13.0 Å². The van der Waals surface area contributed by atoms with Gasteiger partial charge in [0.05, 0.1) is 16.5 Å². The van der Waals surface area contributed by atoms with Crippen LogP contribution in [0.15, 0.2) is 29.2 Å². The van der Waals surface area contributed by atoms with Crippen molar-refractivity contribution in [1.82, 2.24) is 10.0 Å². The van der Waals surface area contributed by atoms with Crippen LogP contribution in [0.4, 0.5) is 0 Å². The molecular formula is C13H17N3O2S. The SMILES string of the molecule is CC1CNCCC1NS(=O)(=O)c1cccc(C#N)c1. The summed E-state index contributed by atoms with van der Waals surface area (Å²) < 4.78 is 27.3. The average Bonchev–Trinajstić information content (AvgIpc) is 2.41. The van der Waals surface area contributed by atoms with Crippen LogP contribution in [0.2, 0.25) is 0 Å². The summed E-state index contributed by atoms with van der Waals surface area (Å²) in [4.78, 5) is 0.150. The van der Waals surface area contributed by atoms with Gasteiger partial charge in [-0.3, -0.25) is 0 Å². The second-order valence-electron chi connectivity index (χ2n) is 4.84. The molecule has 1 aliphatic rings. The van der Waals surface area contributed by atoms with E-state index in [9.17, 15) is 8.42 Å². The summed E-state index contributed by atoms with van der Waals surface area (Å²) in [6, 6.07) is 7.97. The number of nitrogens with zero attached hydrogens (tertiary/aromatic N) is 1. The smallest absolute Gasteiger partial charge is 0.240 e. The van der Waals surface area contributed by atoms with Gasteiger partial charge in [-0.05, 0) is 43.6 Å². The number of sulfonamides is 1. The third-order valence-corrected chi connectivity index (χ3v) is 4.85. The third kappa shape index (κ3) is 3.32. The van der Waals surface area contributed by atoms with Crippen molar-refractivity contribution >= 4 is 10.0 Å². The molecule has 1 aliphatic heterocycles. The number of nitrogens with one attached hydrogen (secondary N) is 2. The predicted octanol–water partition coefficient (Wildman–Crippen LogP) is 0.835. The van der Waals surface area contributed by atoms with Gasteiger partial charge in [-0.15, -0.1) is 0 Å². The van der Waals surface area contributed by atoms with Crippen molar-refractivity contribution in [2.45, 2.75) is 24.3 Å². The van der Waals surface area contributed by atoms with Crippen LogP contribution < -0.4 is 10.0 Å². The van der Waals surface area contributed by atoms with Crippen molar-refractivity contribution in [3.05, 3.63) is 29.8 Å². The summed E-state index contributed by atoms with van der Waals surface area (Å²) in [5, 5.41) is 12.0. The number of nitriles is 1. The van der Waals surface area contributed by atoms with Crippen LogP contribution in [0.25, 0.3) is 0 Å². The van der Waals surface area contributed by atoms with Gasteiger partial charge in [0, 0.05) is 6.04 Å². The van der Waals surface area contributed by atoms with E-state index in [-0.39, 0.29) is 16.9 Å². The van der Waals surface area contributed by atoms with Gasteiger partial charge in [0.2, 0.25) is 10.0 Å². The Labute approximate surface area is 113 Å². The molecule has 1 heterocycles. The molecule has 2 unspecified atom stereocenters. The number of hydrogen-bond acceptors (Lipinski definition) is 4. The number of benzene rings is 1. The monoisotopic (exact) mass is 279 g/mol. The zero-order valence-corrected chi connectivity index (χ0v) is 11.6. The number of hydrogen-bond donors (Lipinski definition) is 2. The molecule has 0 spiro atoms. The van der Waals surface area contributed by atoms with E-state index in [1.165, 1.54) is 12.1 Å². The van der Waals surface area contributed by atoms with Crippen LogP contribution in [0.3, 0.4) is 0 Å². The Morgan fingerprint density at radius 3 is 2.95 bits per heavy atom. The van der Waals surface area contributed by atoms with E-state index in [2.05, 4.69) is 10.0 Å². The molecule has 6 heteroatoms. The first-order valence-electron chi connectivity index (χ1n) is 6.26. The highest BCUT2D eigenvalue weighted by Gasteiger charge is 2.26. The summed E-state index contributed by atoms with van der Waals surface area (Å²) in [7, 11) is -3.55. The highest BCUT2D eigenvalue weighted by molar-refractivity contribution is 7.89. The van der Waals surface area contributed by atoms with Gasteiger partial charge in [0.1, 0.15) is 0 Å². The zero-order valence-electron chi connectivity index (χ0n) is 10.8. The lowest BCUT2D eigenvalue weighted by atomic mass is 9.97. The van der Waals surface area contributed by atoms with Crippen molar-refractivity contribution in [3.8, 4) is 6.07 Å². The number of rotatable bonds is 3. The molecule has 0 amide bonds. The van der Waals surface area contributed by atoms with Gasteiger partial charge in [-0.2, -0.15) is 5.26 Å². The van der Waals surface area contributed by atoms with E-state index in [0.717, 1.165) is 19.5 Å². The molecule has 2 rings (SSSR count). The molecule has 0 aromatic heterocycles. The summed E-state index contributed by atoms with van der Waals surface area (Å²) in [6.07, 6.45) is 0.776. The van der Waals surface area contributed by atoms with Crippen molar-refractivity contribution in [3.63, 3.8) is 0 Å². The second-order valence-corrected chi connectivity index (χ2v) is 6.55. The van der Waals surface area contributed by atoms with Gasteiger partial charge in [0.25, 0.3) is 0 Å². The van der Waals surface area contributed by atoms with E-state index < -0.39 is 10.0 Å². The second kappa shape index (κ2) is 5.70. The maximum absolute atomic E-state index is 12.3. The minimum Gasteiger partial charge on any atom is -0.316 e. The molecule has 0 saturated carbocycles. The molecule has 1 saturated heterocycles. The molecule has 2 N–H and O–H groups in total. The summed E-state index contributed by atoms with van der Waals surface area (Å²) in [6.45, 7) is 3.65. The maximum atomic E-state index is 12.3. The Morgan fingerprint density at radius 2 is 2.26 bits per heavy atom. The molecule has 1 fully saturated rings. The molecule has 0 aliphatic carbocycles. The van der Waals surface area contributed by atoms with Crippen molar-refractivity contribution in [2.24, 2.45) is 5.92 Å². The molecule has 19 heavy (non-hydrogen) atoms. The minimum atomic E-state index is -3.55. The average molecular weight is 279 g/mol. The topological polar surface area (TPSA) is 82.0 Å². The normalized spacial score (nSPS) is 23.8. The van der Waals surface area contributed by atoms with E-state index >= 15 is 0 Å². The fourth-order valence-corrected chi connectivity index (χ4v) is 3.61. The van der Waals surface area contributed by atoms with Crippen LogP contribution in [0, 0.1) is 17.2 Å². The first-order chi connectivity index (χ1) is 9.03. The molecule has 5 nitrogen and oxygen atoms in total. The Morgan fingerprint density at radius 1 is 1.47 bits per heavy atom. The predicted molar refractivity (Wildman–Crippen MR) is 71.9 cm³/mol. The maximum Gasteiger partial charge on any atom is 0.240 e. The highest BCUT2D eigenvalue weighted by atomic mass is 32.2. The molecule has 1 aromatic carbocycles. The Kier molecular flexibility index (Phi) is 4.20. The van der Waals surface area contributed by atoms with Crippen LogP contribution >= 0.6 is 0 Å². The first-order valence-corrected chi connectivity index (χ1v) is 7.74. The summed E-state index contributed by atoms with van der Waals surface area (Å²) in [5.74, 6) is 0.252. The molecule has 0 bridgehead atoms. The standard InChI is InChI=1S/C13H17N3O2S/c1-10-9-15-6-5-13(10)16-19(17,18)12-4-2-3-11(7-12)8-14/h2-4,7,10,13,15-16H,5-6,9H2,1H3. The Bertz CT molecular complexity index is 592. The quantitative estimate of drug-likeness (QED) is 0.859. The van der Waals surface area contributed by atoms with E-state index in [4.69, 9.17) is 5.26 Å². The Balaban J connectivity index is 2.20. The van der Waals surface area contributed by atoms with Crippen molar-refractivity contribution in [1.29, 1.82) is 5.26 Å². The van der Waals surface area contributed by atoms with Gasteiger partial charge in [0.15, 0.2) is 0 Å². The van der Waals surface area contributed by atoms with Crippen LogP contribution in [-0.4, -0.2) is 27.5 Å². The van der Waals surface area contributed by atoms with Crippen molar-refractivity contribution < 1.29 is 8.42 Å². The fourth-order valence-electron chi connectivity index (χ4n) is 2.19. The first kappa shape index (κ1) is 14.0. The zero-order chi connectivity index (χ0) is 13.9. The summed E-state index contributed by atoms with van der Waals surface area (Å²) >= 11 is 0. The summed E-state index contributed by atoms with van der Waals surface area (Å²) in [5.41, 5.74) is 0.348. The van der Waals surface area contributed by atoms with Crippen molar-refractivity contribution in [2.75, 3.05) is 13.1 Å². The van der Waals surface area contributed by atoms with Gasteiger partial charge >= 0.3 is 0 Å². The van der Waals surface area contributed by atoms with Crippen LogP contribution in [0.5, 0.6) is 0 Å². The molecule has 102 valence electrons. The van der Waals surface area contributed by atoms with Gasteiger partial charge in [-0.25, -0.2) is 13.1 Å². The molecule has 2 atom stereocenters. The Hall–Kier alpha value is -1.42.